The van der Waals surface area contributed by atoms with Crippen molar-refractivity contribution < 1.29 is 14.7 Å². The summed E-state index contributed by atoms with van der Waals surface area (Å²) in [6.07, 6.45) is 0. The van der Waals surface area contributed by atoms with Crippen LogP contribution in [-0.2, 0) is 10.2 Å². The fourth-order valence-electron chi connectivity index (χ4n) is 1.69. The Balaban J connectivity index is 3.21. The molecule has 0 fully saturated rings. The van der Waals surface area contributed by atoms with Gasteiger partial charge >= 0.3 is 5.97 Å². The monoisotopic (exact) mass is 299 g/mol. The Labute approximate surface area is 123 Å². The summed E-state index contributed by atoms with van der Waals surface area (Å²) in [5.41, 5.74) is -0.300. The third kappa shape index (κ3) is 3.75. The standard InChI is InChI=1S/C13H21N3O3S/c1-12(2,3)10-9(20-15-14-10)11(19)16(7-8(17)18)13(4,5)6/h7H2,1-6H3,(H,17,18). The number of amides is 1. The molecule has 1 aromatic rings. The molecule has 0 atom stereocenters. The Kier molecular flexibility index (Phi) is 4.53. The number of rotatable bonds is 3. The Bertz CT molecular complexity index is 512. The van der Waals surface area contributed by atoms with Gasteiger partial charge in [-0.15, -0.1) is 5.10 Å². The highest BCUT2D eigenvalue weighted by Crippen LogP contribution is 2.28. The Morgan fingerprint density at radius 2 is 1.75 bits per heavy atom. The molecule has 6 nitrogen and oxygen atoms in total. The smallest absolute Gasteiger partial charge is 0.323 e. The molecule has 0 spiro atoms. The first-order valence-corrected chi connectivity index (χ1v) is 7.08. The van der Waals surface area contributed by atoms with Crippen molar-refractivity contribution in [2.24, 2.45) is 0 Å². The molecule has 0 saturated heterocycles. The Morgan fingerprint density at radius 3 is 2.15 bits per heavy atom. The van der Waals surface area contributed by atoms with E-state index in [9.17, 15) is 9.59 Å². The van der Waals surface area contributed by atoms with Gasteiger partial charge in [0.05, 0.1) is 5.69 Å². The number of carbonyl (C=O) groups is 2. The van der Waals surface area contributed by atoms with Gasteiger partial charge in [-0.05, 0) is 32.3 Å². The number of carboxylic acids is 1. The first-order valence-electron chi connectivity index (χ1n) is 6.31. The molecule has 20 heavy (non-hydrogen) atoms. The second kappa shape index (κ2) is 5.47. The third-order valence-electron chi connectivity index (χ3n) is 2.74. The molecule has 7 heteroatoms. The second-order valence-corrected chi connectivity index (χ2v) is 7.41. The molecular weight excluding hydrogens is 278 g/mol. The highest BCUT2D eigenvalue weighted by Gasteiger charge is 2.34. The van der Waals surface area contributed by atoms with E-state index >= 15 is 0 Å². The van der Waals surface area contributed by atoms with Crippen LogP contribution in [0.3, 0.4) is 0 Å². The van der Waals surface area contributed by atoms with Crippen molar-refractivity contribution in [3.63, 3.8) is 0 Å². The summed E-state index contributed by atoms with van der Waals surface area (Å²) in [4.78, 5) is 25.4. The van der Waals surface area contributed by atoms with Gasteiger partial charge in [0.1, 0.15) is 11.4 Å². The lowest BCUT2D eigenvalue weighted by Gasteiger charge is -2.34. The minimum Gasteiger partial charge on any atom is -0.480 e. The predicted octanol–water partition coefficient (Wildman–Crippen LogP) is 2.16. The first-order chi connectivity index (χ1) is 8.94. The number of aromatic nitrogens is 2. The molecule has 1 aromatic heterocycles. The number of aliphatic carboxylic acids is 1. The van der Waals surface area contributed by atoms with E-state index in [1.54, 1.807) is 20.8 Å². The number of carboxylic acid groups (broad SMARTS) is 1. The van der Waals surface area contributed by atoms with E-state index in [4.69, 9.17) is 5.11 Å². The van der Waals surface area contributed by atoms with Gasteiger partial charge in [0.25, 0.3) is 5.91 Å². The maximum Gasteiger partial charge on any atom is 0.323 e. The molecule has 0 bridgehead atoms. The molecule has 0 unspecified atom stereocenters. The van der Waals surface area contributed by atoms with Crippen molar-refractivity contribution in [2.75, 3.05) is 6.54 Å². The Hall–Kier alpha value is -1.50. The van der Waals surface area contributed by atoms with Crippen LogP contribution in [0.4, 0.5) is 0 Å². The number of hydrogen-bond donors (Lipinski definition) is 1. The molecule has 0 saturated carbocycles. The molecule has 0 aliphatic carbocycles. The lowest BCUT2D eigenvalue weighted by Crippen LogP contribution is -2.48. The van der Waals surface area contributed by atoms with E-state index in [0.717, 1.165) is 11.5 Å². The van der Waals surface area contributed by atoms with Gasteiger partial charge in [0, 0.05) is 11.0 Å². The van der Waals surface area contributed by atoms with Crippen molar-refractivity contribution in [1.29, 1.82) is 0 Å². The van der Waals surface area contributed by atoms with Crippen molar-refractivity contribution in [1.82, 2.24) is 14.5 Å². The number of hydrogen-bond acceptors (Lipinski definition) is 5. The van der Waals surface area contributed by atoms with E-state index in [1.807, 2.05) is 20.8 Å². The lowest BCUT2D eigenvalue weighted by molar-refractivity contribution is -0.138. The largest absolute Gasteiger partial charge is 0.480 e. The topological polar surface area (TPSA) is 83.4 Å². The summed E-state index contributed by atoms with van der Waals surface area (Å²) in [6.45, 7) is 10.9. The van der Waals surface area contributed by atoms with E-state index in [-0.39, 0.29) is 17.9 Å². The minimum absolute atomic E-state index is 0.315. The summed E-state index contributed by atoms with van der Waals surface area (Å²) in [5.74, 6) is -1.37. The van der Waals surface area contributed by atoms with Gasteiger partial charge in [0.2, 0.25) is 0 Å². The van der Waals surface area contributed by atoms with Crippen LogP contribution in [0, 0.1) is 0 Å². The molecule has 0 aliphatic rings. The van der Waals surface area contributed by atoms with Crippen LogP contribution >= 0.6 is 11.5 Å². The fourth-order valence-corrected chi connectivity index (χ4v) is 2.52. The average molecular weight is 299 g/mol. The summed E-state index contributed by atoms with van der Waals surface area (Å²) < 4.78 is 3.85. The van der Waals surface area contributed by atoms with Crippen LogP contribution in [-0.4, -0.2) is 43.6 Å². The van der Waals surface area contributed by atoms with Crippen molar-refractivity contribution in [2.45, 2.75) is 52.5 Å². The molecule has 0 aromatic carbocycles. The van der Waals surface area contributed by atoms with Gasteiger partial charge < -0.3 is 10.0 Å². The first kappa shape index (κ1) is 16.6. The zero-order valence-electron chi connectivity index (χ0n) is 12.7. The molecule has 1 N–H and O–H groups in total. The van der Waals surface area contributed by atoms with E-state index in [1.165, 1.54) is 4.90 Å². The van der Waals surface area contributed by atoms with Gasteiger partial charge in [-0.3, -0.25) is 9.59 Å². The van der Waals surface area contributed by atoms with Crippen molar-refractivity contribution >= 4 is 23.4 Å². The fraction of sp³-hybridized carbons (Fsp3) is 0.692. The molecule has 1 amide bonds. The molecule has 1 rings (SSSR count). The molecule has 0 radical (unpaired) electrons. The van der Waals surface area contributed by atoms with E-state index in [0.29, 0.717) is 10.6 Å². The van der Waals surface area contributed by atoms with E-state index < -0.39 is 11.5 Å². The van der Waals surface area contributed by atoms with Crippen LogP contribution < -0.4 is 0 Å². The lowest BCUT2D eigenvalue weighted by atomic mass is 9.91. The zero-order valence-corrected chi connectivity index (χ0v) is 13.5. The quantitative estimate of drug-likeness (QED) is 0.924. The van der Waals surface area contributed by atoms with E-state index in [2.05, 4.69) is 9.59 Å². The summed E-state index contributed by atoms with van der Waals surface area (Å²) >= 11 is 1.01. The summed E-state index contributed by atoms with van der Waals surface area (Å²) in [6, 6.07) is 0. The van der Waals surface area contributed by atoms with Crippen LogP contribution in [0.1, 0.15) is 56.9 Å². The maximum absolute atomic E-state index is 12.6. The van der Waals surface area contributed by atoms with Crippen molar-refractivity contribution in [3.8, 4) is 0 Å². The van der Waals surface area contributed by atoms with Gasteiger partial charge in [0.15, 0.2) is 0 Å². The van der Waals surface area contributed by atoms with Crippen molar-refractivity contribution in [3.05, 3.63) is 10.6 Å². The Morgan fingerprint density at radius 1 is 1.20 bits per heavy atom. The molecular formula is C13H21N3O3S. The van der Waals surface area contributed by atoms with Gasteiger partial charge in [-0.1, -0.05) is 25.3 Å². The van der Waals surface area contributed by atoms with Gasteiger partial charge in [-0.25, -0.2) is 0 Å². The zero-order chi connectivity index (χ0) is 15.7. The normalized spacial score (nSPS) is 12.3. The average Bonchev–Trinajstić information content (AvgIpc) is 2.71. The summed E-state index contributed by atoms with van der Waals surface area (Å²) in [7, 11) is 0. The highest BCUT2D eigenvalue weighted by molar-refractivity contribution is 7.08. The number of nitrogens with zero attached hydrogens (tertiary/aromatic N) is 3. The SMILES string of the molecule is CC(C)(C)c1nnsc1C(=O)N(CC(=O)O)C(C)(C)C. The maximum atomic E-state index is 12.6. The van der Waals surface area contributed by atoms with Crippen LogP contribution in [0.25, 0.3) is 0 Å². The third-order valence-corrected chi connectivity index (χ3v) is 3.45. The molecule has 0 aliphatic heterocycles. The predicted molar refractivity (Wildman–Crippen MR) is 77.0 cm³/mol. The summed E-state index contributed by atoms with van der Waals surface area (Å²) in [5, 5.41) is 13.0. The van der Waals surface area contributed by atoms with Crippen LogP contribution in [0.2, 0.25) is 0 Å². The second-order valence-electron chi connectivity index (χ2n) is 6.66. The van der Waals surface area contributed by atoms with Gasteiger partial charge in [-0.2, -0.15) is 0 Å². The minimum atomic E-state index is -1.04. The molecule has 112 valence electrons. The molecule has 1 heterocycles. The number of carbonyl (C=O) groups excluding carboxylic acids is 1. The van der Waals surface area contributed by atoms with Crippen LogP contribution in [0.15, 0.2) is 0 Å². The highest BCUT2D eigenvalue weighted by atomic mass is 32.1. The van der Waals surface area contributed by atoms with Crippen LogP contribution in [0.5, 0.6) is 0 Å².